The molecule has 0 spiro atoms. The van der Waals surface area contributed by atoms with Crippen LogP contribution in [0.15, 0.2) is 149 Å². The topological polar surface area (TPSA) is 327 Å². The van der Waals surface area contributed by atoms with E-state index in [1.54, 1.807) is 32.0 Å². The van der Waals surface area contributed by atoms with Crippen molar-refractivity contribution in [3.05, 3.63) is 137 Å². The normalized spacial score (nSPS) is 12.8. The Hall–Kier alpha value is -8.11. The first-order chi connectivity index (χ1) is 30.2. The minimum absolute atomic E-state index is 0.0474. The quantitative estimate of drug-likeness (QED) is 0.0197. The Morgan fingerprint density at radius 3 is 1.48 bits per heavy atom. The van der Waals surface area contributed by atoms with Gasteiger partial charge in [-0.15, -0.1) is 15.3 Å². The fourth-order valence-electron chi connectivity index (χ4n) is 6.45. The lowest BCUT2D eigenvalue weighted by Gasteiger charge is -2.10. The maximum Gasteiger partial charge on any atom is 0.337 e. The van der Waals surface area contributed by atoms with Gasteiger partial charge in [0.25, 0.3) is 20.2 Å². The molecule has 0 saturated heterocycles. The van der Waals surface area contributed by atoms with Gasteiger partial charge in [0.05, 0.1) is 22.6 Å². The van der Waals surface area contributed by atoms with Gasteiger partial charge in [0.15, 0.2) is 11.5 Å². The lowest BCUT2D eigenvalue weighted by atomic mass is 10.1. The van der Waals surface area contributed by atoms with Crippen LogP contribution in [-0.4, -0.2) is 69.2 Å². The molecule has 0 aromatic heterocycles. The number of aromatic hydroxyl groups is 2. The number of carboxylic acids is 1. The molecule has 0 aliphatic carbocycles. The number of nitrogens with two attached hydrogens (primary N) is 1. The van der Waals surface area contributed by atoms with Gasteiger partial charge in [-0.3, -0.25) is 9.11 Å². The third-order valence-electron chi connectivity index (χ3n) is 9.73. The maximum atomic E-state index is 12.5. The Morgan fingerprint density at radius 2 is 1.02 bits per heavy atom. The lowest BCUT2D eigenvalue weighted by molar-refractivity contribution is 0.0697. The molecule has 324 valence electrons. The number of hydrogen-bond acceptors (Lipinski definition) is 14. The maximum absolute atomic E-state index is 12.5. The smallest absolute Gasteiger partial charge is 0.337 e. The molecule has 19 nitrogen and oxygen atoms in total. The molecule has 0 bridgehead atoms. The number of rotatable bonds is 11. The highest BCUT2D eigenvalue weighted by atomic mass is 32.2. The van der Waals surface area contributed by atoms with Gasteiger partial charge < -0.3 is 31.3 Å². The SMILES string of the molecule is Cc1cc(C(O)=Nc2ccc3c(O)c(N=Nc4ccc(C(O)=Nc5ccc6c(O)c(N=Nc7ccccc7C(=O)O)c(S(=O)(=O)O)cc6c5)cc4C)c(S(=O)(=O)O)cc3c2)ccc1N. The summed E-state index contributed by atoms with van der Waals surface area (Å²) in [5, 5.41) is 69.3. The number of aryl methyl sites for hydroxylation is 2. The Kier molecular flexibility index (Phi) is 11.7. The number of aliphatic hydroxyl groups is 2. The Labute approximate surface area is 362 Å². The van der Waals surface area contributed by atoms with Crippen molar-refractivity contribution in [3.63, 3.8) is 0 Å². The van der Waals surface area contributed by atoms with Crippen LogP contribution >= 0.6 is 0 Å². The number of carboxylic acid groups (broad SMARTS) is 1. The summed E-state index contributed by atoms with van der Waals surface area (Å²) in [7, 11) is -10.0. The summed E-state index contributed by atoms with van der Waals surface area (Å²) >= 11 is 0. The molecule has 7 aromatic rings. The third-order valence-corrected chi connectivity index (χ3v) is 11.5. The lowest BCUT2D eigenvalue weighted by Crippen LogP contribution is -2.00. The fraction of sp³-hybridized carbons (Fsp3) is 0.0465. The molecular weight excluding hydrogens is 871 g/mol. The van der Waals surface area contributed by atoms with Crippen LogP contribution in [0.5, 0.6) is 11.5 Å². The molecule has 0 fully saturated rings. The fourth-order valence-corrected chi connectivity index (χ4v) is 7.76. The summed E-state index contributed by atoms with van der Waals surface area (Å²) in [4.78, 5) is 18.3. The number of carbonyl (C=O) groups is 1. The molecule has 7 aromatic carbocycles. The van der Waals surface area contributed by atoms with E-state index in [0.717, 1.165) is 12.1 Å². The van der Waals surface area contributed by atoms with E-state index in [-0.39, 0.29) is 61.3 Å². The molecule has 0 aliphatic rings. The second-order valence-electron chi connectivity index (χ2n) is 14.1. The zero-order valence-corrected chi connectivity index (χ0v) is 34.8. The van der Waals surface area contributed by atoms with E-state index in [4.69, 9.17) is 5.73 Å². The van der Waals surface area contributed by atoms with Crippen molar-refractivity contribution < 1.29 is 56.3 Å². The van der Waals surface area contributed by atoms with Crippen molar-refractivity contribution in [3.8, 4) is 11.5 Å². The monoisotopic (exact) mass is 903 g/mol. The van der Waals surface area contributed by atoms with Crippen LogP contribution in [0, 0.1) is 13.8 Å². The predicted molar refractivity (Wildman–Crippen MR) is 237 cm³/mol. The first kappa shape index (κ1) is 44.0. The van der Waals surface area contributed by atoms with Crippen molar-refractivity contribution in [2.24, 2.45) is 30.4 Å². The van der Waals surface area contributed by atoms with E-state index in [1.165, 1.54) is 78.9 Å². The molecular formula is C43H33N7O12S2. The predicted octanol–water partition coefficient (Wildman–Crippen LogP) is 9.90. The van der Waals surface area contributed by atoms with Crippen molar-refractivity contribution in [2.75, 3.05) is 5.73 Å². The highest BCUT2D eigenvalue weighted by Crippen LogP contribution is 2.44. The van der Waals surface area contributed by atoms with Gasteiger partial charge in [-0.2, -0.15) is 21.9 Å². The van der Waals surface area contributed by atoms with Gasteiger partial charge >= 0.3 is 5.97 Å². The van der Waals surface area contributed by atoms with Crippen molar-refractivity contribution >= 4 is 99.4 Å². The van der Waals surface area contributed by atoms with Gasteiger partial charge in [0.2, 0.25) is 11.8 Å². The van der Waals surface area contributed by atoms with Gasteiger partial charge in [0.1, 0.15) is 26.9 Å². The summed E-state index contributed by atoms with van der Waals surface area (Å²) in [6, 6.07) is 24.9. The highest BCUT2D eigenvalue weighted by Gasteiger charge is 2.24. The summed E-state index contributed by atoms with van der Waals surface area (Å²) in [5.41, 5.74) is 6.84. The second-order valence-corrected chi connectivity index (χ2v) is 16.9. The number of aromatic carboxylic acids is 1. The molecule has 0 atom stereocenters. The number of phenols is 2. The number of aliphatic hydroxyl groups excluding tert-OH is 2. The highest BCUT2D eigenvalue weighted by molar-refractivity contribution is 7.86. The molecule has 0 radical (unpaired) electrons. The molecule has 0 unspecified atom stereocenters. The van der Waals surface area contributed by atoms with Gasteiger partial charge in [-0.25, -0.2) is 14.8 Å². The van der Waals surface area contributed by atoms with Crippen LogP contribution in [0.3, 0.4) is 0 Å². The number of benzene rings is 7. The van der Waals surface area contributed by atoms with Crippen molar-refractivity contribution in [1.29, 1.82) is 0 Å². The van der Waals surface area contributed by atoms with Crippen molar-refractivity contribution in [2.45, 2.75) is 23.6 Å². The summed E-state index contributed by atoms with van der Waals surface area (Å²) in [5.74, 6) is -3.53. The van der Waals surface area contributed by atoms with Gasteiger partial charge in [-0.1, -0.05) is 12.1 Å². The number of aliphatic imine (C=N–C) groups is 2. The molecule has 0 amide bonds. The number of nitrogen functional groups attached to an aromatic ring is 1. The zero-order chi connectivity index (χ0) is 46.2. The number of hydrogen-bond donors (Lipinski definition) is 8. The number of anilines is 1. The van der Waals surface area contributed by atoms with Crippen LogP contribution in [0.2, 0.25) is 0 Å². The number of fused-ring (bicyclic) bond motifs is 2. The largest absolute Gasteiger partial charge is 0.505 e. The van der Waals surface area contributed by atoms with E-state index in [0.29, 0.717) is 22.4 Å². The van der Waals surface area contributed by atoms with Crippen LogP contribution in [0.25, 0.3) is 21.5 Å². The number of azo groups is 2. The van der Waals surface area contributed by atoms with Gasteiger partial charge in [-0.05, 0) is 133 Å². The van der Waals surface area contributed by atoms with E-state index in [9.17, 15) is 56.3 Å². The summed E-state index contributed by atoms with van der Waals surface area (Å²) in [6.07, 6.45) is 0. The molecule has 9 N–H and O–H groups in total. The third kappa shape index (κ3) is 9.07. The average molecular weight is 904 g/mol. The van der Waals surface area contributed by atoms with E-state index in [1.807, 2.05) is 0 Å². The molecule has 0 heterocycles. The standard InChI is InChI=1S/C43H33N7O12S2/c1-21-15-23(7-13-32(21)44)41(53)45-27-9-11-29-25(17-27)19-35(63(57,58)59)37(39(29)51)49-47-33-14-8-24(16-22(33)2)42(54)46-28-10-12-30-26(18-28)20-36(64(60,61)62)38(40(30)52)50-48-34-6-4-3-5-31(34)43(55)56/h3-20,51-52H,44H2,1-2H3,(H,45,53)(H,46,54)(H,55,56)(H,57,58,59)(H,60,61,62). The first-order valence-corrected chi connectivity index (χ1v) is 21.3. The molecule has 0 aliphatic heterocycles. The molecule has 64 heavy (non-hydrogen) atoms. The van der Waals surface area contributed by atoms with E-state index >= 15 is 0 Å². The van der Waals surface area contributed by atoms with Crippen LogP contribution < -0.4 is 5.73 Å². The number of phenolic OH excluding ortho intramolecular Hbond substituents is 2. The van der Waals surface area contributed by atoms with E-state index in [2.05, 4.69) is 30.4 Å². The van der Waals surface area contributed by atoms with Gasteiger partial charge in [0, 0.05) is 27.6 Å². The van der Waals surface area contributed by atoms with E-state index < -0.39 is 64.8 Å². The Morgan fingerprint density at radius 1 is 0.547 bits per heavy atom. The minimum Gasteiger partial charge on any atom is -0.505 e. The van der Waals surface area contributed by atoms with Crippen LogP contribution in [0.4, 0.5) is 39.8 Å². The zero-order valence-electron chi connectivity index (χ0n) is 33.1. The first-order valence-electron chi connectivity index (χ1n) is 18.4. The van der Waals surface area contributed by atoms with Crippen LogP contribution in [0.1, 0.15) is 32.6 Å². The minimum atomic E-state index is -5.03. The summed E-state index contributed by atoms with van der Waals surface area (Å²) < 4.78 is 70.0. The van der Waals surface area contributed by atoms with Crippen LogP contribution in [-0.2, 0) is 20.2 Å². The molecule has 0 saturated carbocycles. The Balaban J connectivity index is 1.17. The number of nitrogens with zero attached hydrogens (tertiary/aromatic N) is 6. The Bertz CT molecular complexity index is 3460. The molecule has 21 heteroatoms. The molecule has 7 rings (SSSR count). The second kappa shape index (κ2) is 17.0. The average Bonchev–Trinajstić information content (AvgIpc) is 3.23. The summed E-state index contributed by atoms with van der Waals surface area (Å²) in [6.45, 7) is 3.35. The van der Waals surface area contributed by atoms with Crippen molar-refractivity contribution in [1.82, 2.24) is 0 Å².